The van der Waals surface area contributed by atoms with Gasteiger partial charge in [0.2, 0.25) is 0 Å². The normalized spacial score (nSPS) is 13.8. The second-order valence-electron chi connectivity index (χ2n) is 6.20. The first-order valence-electron chi connectivity index (χ1n) is 8.51. The van der Waals surface area contributed by atoms with Crippen molar-refractivity contribution in [3.63, 3.8) is 0 Å². The SMILES string of the molecule is CCc1nccn1CC(C)NC(C)c1cccc(-n2ccnc2)c1. The van der Waals surface area contributed by atoms with Crippen LogP contribution in [0.5, 0.6) is 0 Å². The third kappa shape index (κ3) is 3.74. The van der Waals surface area contributed by atoms with Gasteiger partial charge < -0.3 is 14.5 Å². The Morgan fingerprint density at radius 2 is 2.04 bits per heavy atom. The number of rotatable bonds is 7. The first-order chi connectivity index (χ1) is 11.7. The zero-order valence-electron chi connectivity index (χ0n) is 14.6. The highest BCUT2D eigenvalue weighted by Crippen LogP contribution is 2.17. The number of hydrogen-bond acceptors (Lipinski definition) is 3. The molecule has 0 fully saturated rings. The number of imidazole rings is 2. The molecule has 2 aromatic heterocycles. The molecule has 5 nitrogen and oxygen atoms in total. The average molecular weight is 323 g/mol. The van der Waals surface area contributed by atoms with Crippen LogP contribution < -0.4 is 5.32 Å². The molecule has 3 aromatic rings. The van der Waals surface area contributed by atoms with Crippen molar-refractivity contribution in [2.45, 2.75) is 45.8 Å². The molecular formula is C19H25N5. The summed E-state index contributed by atoms with van der Waals surface area (Å²) in [5.74, 6) is 1.14. The lowest BCUT2D eigenvalue weighted by Gasteiger charge is -2.22. The molecule has 5 heteroatoms. The van der Waals surface area contributed by atoms with Gasteiger partial charge in [-0.2, -0.15) is 0 Å². The van der Waals surface area contributed by atoms with Gasteiger partial charge in [-0.15, -0.1) is 0 Å². The molecule has 0 bridgehead atoms. The van der Waals surface area contributed by atoms with Crippen molar-refractivity contribution in [2.75, 3.05) is 0 Å². The lowest BCUT2D eigenvalue weighted by molar-refractivity contribution is 0.425. The zero-order chi connectivity index (χ0) is 16.9. The maximum Gasteiger partial charge on any atom is 0.108 e. The quantitative estimate of drug-likeness (QED) is 0.725. The molecule has 1 N–H and O–H groups in total. The van der Waals surface area contributed by atoms with Gasteiger partial charge in [0.15, 0.2) is 0 Å². The van der Waals surface area contributed by atoms with E-state index in [1.165, 1.54) is 5.56 Å². The molecule has 0 aliphatic carbocycles. The van der Waals surface area contributed by atoms with Crippen LogP contribution in [-0.4, -0.2) is 25.1 Å². The van der Waals surface area contributed by atoms with Gasteiger partial charge in [0.25, 0.3) is 0 Å². The van der Waals surface area contributed by atoms with Crippen molar-refractivity contribution in [2.24, 2.45) is 0 Å². The standard InChI is InChI=1S/C19H25N5/c1-4-19-21-9-11-23(19)13-15(2)22-16(3)17-6-5-7-18(12-17)24-10-8-20-14-24/h5-12,14-16,22H,4,13H2,1-3H3. The number of nitrogens with one attached hydrogen (secondary N) is 1. The van der Waals surface area contributed by atoms with Crippen LogP contribution in [0.2, 0.25) is 0 Å². The van der Waals surface area contributed by atoms with E-state index in [1.54, 1.807) is 6.20 Å². The lowest BCUT2D eigenvalue weighted by atomic mass is 10.1. The molecule has 0 spiro atoms. The third-order valence-electron chi connectivity index (χ3n) is 4.30. The third-order valence-corrected chi connectivity index (χ3v) is 4.30. The van der Waals surface area contributed by atoms with Crippen LogP contribution in [0.25, 0.3) is 5.69 Å². The molecule has 2 atom stereocenters. The maximum absolute atomic E-state index is 4.39. The first-order valence-corrected chi connectivity index (χ1v) is 8.51. The van der Waals surface area contributed by atoms with Gasteiger partial charge in [-0.3, -0.25) is 0 Å². The van der Waals surface area contributed by atoms with Crippen molar-refractivity contribution in [3.05, 3.63) is 66.8 Å². The van der Waals surface area contributed by atoms with Gasteiger partial charge >= 0.3 is 0 Å². The molecule has 126 valence electrons. The van der Waals surface area contributed by atoms with Gasteiger partial charge in [0.05, 0.1) is 6.33 Å². The van der Waals surface area contributed by atoms with E-state index in [2.05, 4.69) is 71.1 Å². The zero-order valence-corrected chi connectivity index (χ0v) is 14.6. The van der Waals surface area contributed by atoms with E-state index in [-0.39, 0.29) is 6.04 Å². The molecule has 0 amide bonds. The molecule has 0 radical (unpaired) electrons. The minimum Gasteiger partial charge on any atom is -0.333 e. The Morgan fingerprint density at radius 3 is 2.79 bits per heavy atom. The van der Waals surface area contributed by atoms with Gasteiger partial charge in [-0.25, -0.2) is 9.97 Å². The van der Waals surface area contributed by atoms with Crippen LogP contribution in [0, 0.1) is 0 Å². The Kier molecular flexibility index (Phi) is 5.11. The summed E-state index contributed by atoms with van der Waals surface area (Å²) >= 11 is 0. The Hall–Kier alpha value is -2.40. The summed E-state index contributed by atoms with van der Waals surface area (Å²) in [5, 5.41) is 3.68. The Morgan fingerprint density at radius 1 is 1.17 bits per heavy atom. The molecule has 2 heterocycles. The van der Waals surface area contributed by atoms with Gasteiger partial charge in [-0.05, 0) is 31.5 Å². The van der Waals surface area contributed by atoms with Crippen LogP contribution in [0.3, 0.4) is 0 Å². The predicted molar refractivity (Wildman–Crippen MR) is 96.2 cm³/mol. The summed E-state index contributed by atoms with van der Waals surface area (Å²) in [5.41, 5.74) is 2.41. The van der Waals surface area contributed by atoms with E-state index in [4.69, 9.17) is 0 Å². The largest absolute Gasteiger partial charge is 0.333 e. The van der Waals surface area contributed by atoms with E-state index >= 15 is 0 Å². The van der Waals surface area contributed by atoms with Crippen LogP contribution in [0.4, 0.5) is 0 Å². The van der Waals surface area contributed by atoms with Crippen LogP contribution in [0.15, 0.2) is 55.4 Å². The molecule has 0 saturated carbocycles. The number of nitrogens with zero attached hydrogens (tertiary/aromatic N) is 4. The minimum atomic E-state index is 0.275. The second-order valence-corrected chi connectivity index (χ2v) is 6.20. The summed E-state index contributed by atoms with van der Waals surface area (Å²) in [6.45, 7) is 7.49. The first kappa shape index (κ1) is 16.5. The highest BCUT2D eigenvalue weighted by atomic mass is 15.1. The summed E-state index contributed by atoms with van der Waals surface area (Å²) in [6, 6.07) is 9.20. The Balaban J connectivity index is 1.66. The topological polar surface area (TPSA) is 47.7 Å². The van der Waals surface area contributed by atoms with Crippen molar-refractivity contribution in [1.82, 2.24) is 24.4 Å². The van der Waals surface area contributed by atoms with Gasteiger partial charge in [-0.1, -0.05) is 19.1 Å². The number of benzene rings is 1. The fourth-order valence-corrected chi connectivity index (χ4v) is 3.06. The van der Waals surface area contributed by atoms with Crippen molar-refractivity contribution < 1.29 is 0 Å². The van der Waals surface area contributed by atoms with E-state index in [9.17, 15) is 0 Å². The van der Waals surface area contributed by atoms with E-state index < -0.39 is 0 Å². The fourth-order valence-electron chi connectivity index (χ4n) is 3.06. The van der Waals surface area contributed by atoms with Crippen LogP contribution in [-0.2, 0) is 13.0 Å². The maximum atomic E-state index is 4.39. The molecular weight excluding hydrogens is 298 g/mol. The highest BCUT2D eigenvalue weighted by molar-refractivity contribution is 5.37. The van der Waals surface area contributed by atoms with E-state index in [0.29, 0.717) is 6.04 Å². The predicted octanol–water partition coefficient (Wildman–Crippen LogP) is 3.37. The smallest absolute Gasteiger partial charge is 0.108 e. The fraction of sp³-hybridized carbons (Fsp3) is 0.368. The molecule has 2 unspecified atom stereocenters. The van der Waals surface area contributed by atoms with Crippen molar-refractivity contribution >= 4 is 0 Å². The molecule has 0 aliphatic heterocycles. The van der Waals surface area contributed by atoms with Gasteiger partial charge in [0, 0.05) is 55.5 Å². The van der Waals surface area contributed by atoms with Crippen molar-refractivity contribution in [1.29, 1.82) is 0 Å². The number of aryl methyl sites for hydroxylation is 1. The average Bonchev–Trinajstić information content (AvgIpc) is 3.26. The highest BCUT2D eigenvalue weighted by Gasteiger charge is 2.12. The van der Waals surface area contributed by atoms with Crippen LogP contribution in [0.1, 0.15) is 38.2 Å². The summed E-state index contributed by atoms with van der Waals surface area (Å²) in [7, 11) is 0. The monoisotopic (exact) mass is 323 g/mol. The number of aromatic nitrogens is 4. The molecule has 0 saturated heterocycles. The molecule has 3 rings (SSSR count). The van der Waals surface area contributed by atoms with Gasteiger partial charge in [0.1, 0.15) is 5.82 Å². The summed E-state index contributed by atoms with van der Waals surface area (Å²) in [4.78, 5) is 8.51. The Labute approximate surface area is 143 Å². The van der Waals surface area contributed by atoms with Crippen LogP contribution >= 0.6 is 0 Å². The van der Waals surface area contributed by atoms with Crippen molar-refractivity contribution in [3.8, 4) is 5.69 Å². The summed E-state index contributed by atoms with van der Waals surface area (Å²) < 4.78 is 4.25. The molecule has 24 heavy (non-hydrogen) atoms. The number of hydrogen-bond donors (Lipinski definition) is 1. The van der Waals surface area contributed by atoms with E-state index in [1.807, 2.05) is 23.3 Å². The van der Waals surface area contributed by atoms with E-state index in [0.717, 1.165) is 24.5 Å². The second kappa shape index (κ2) is 7.45. The lowest BCUT2D eigenvalue weighted by Crippen LogP contribution is -2.33. The molecule has 1 aromatic carbocycles. The summed E-state index contributed by atoms with van der Waals surface area (Å²) in [6.07, 6.45) is 10.5. The minimum absolute atomic E-state index is 0.275. The Bertz CT molecular complexity index is 760. The molecule has 0 aliphatic rings.